The lowest BCUT2D eigenvalue weighted by Gasteiger charge is -2.10. The summed E-state index contributed by atoms with van der Waals surface area (Å²) >= 11 is 17.8. The molecule has 120 valence electrons. The first-order valence-electron chi connectivity index (χ1n) is 6.97. The van der Waals surface area contributed by atoms with Gasteiger partial charge in [0.1, 0.15) is 11.4 Å². The molecule has 0 radical (unpaired) electrons. The van der Waals surface area contributed by atoms with Gasteiger partial charge in [0.15, 0.2) is 5.82 Å². The average Bonchev–Trinajstić information content (AvgIpc) is 2.58. The summed E-state index contributed by atoms with van der Waals surface area (Å²) in [6.45, 7) is 0. The second-order valence-corrected chi connectivity index (χ2v) is 7.17. The van der Waals surface area contributed by atoms with Crippen LogP contribution in [0.25, 0.3) is 10.9 Å². The van der Waals surface area contributed by atoms with Gasteiger partial charge in [-0.2, -0.15) is 0 Å². The van der Waals surface area contributed by atoms with E-state index < -0.39 is 3.79 Å². The minimum absolute atomic E-state index is 0.0983. The first-order chi connectivity index (χ1) is 11.5. The van der Waals surface area contributed by atoms with Crippen molar-refractivity contribution in [2.24, 2.45) is 0 Å². The number of ether oxygens (including phenoxy) is 1. The fourth-order valence-corrected chi connectivity index (χ4v) is 2.38. The SMILES string of the molecule is COc1cccc(C#Cc2nc(C(Cl)(Cl)Cl)nc3ccccc23)c1. The summed E-state index contributed by atoms with van der Waals surface area (Å²) in [5.41, 5.74) is 1.97. The molecular formula is C18H11Cl3N2O. The molecule has 0 amide bonds. The summed E-state index contributed by atoms with van der Waals surface area (Å²) in [6.07, 6.45) is 0. The van der Waals surface area contributed by atoms with E-state index in [-0.39, 0.29) is 5.82 Å². The molecule has 0 unspecified atom stereocenters. The Bertz CT molecular complexity index is 956. The molecule has 0 spiro atoms. The summed E-state index contributed by atoms with van der Waals surface area (Å²) in [5.74, 6) is 6.92. The molecule has 3 aromatic rings. The normalized spacial score (nSPS) is 11.0. The topological polar surface area (TPSA) is 35.0 Å². The molecule has 1 heterocycles. The van der Waals surface area contributed by atoms with Crippen LogP contribution in [0.3, 0.4) is 0 Å². The van der Waals surface area contributed by atoms with Crippen LogP contribution in [0.2, 0.25) is 0 Å². The van der Waals surface area contributed by atoms with Crippen LogP contribution in [0, 0.1) is 11.8 Å². The lowest BCUT2D eigenvalue weighted by molar-refractivity contribution is 0.414. The van der Waals surface area contributed by atoms with Gasteiger partial charge in [-0.3, -0.25) is 0 Å². The lowest BCUT2D eigenvalue weighted by atomic mass is 10.1. The van der Waals surface area contributed by atoms with Crippen molar-refractivity contribution >= 4 is 45.7 Å². The van der Waals surface area contributed by atoms with E-state index in [0.717, 1.165) is 16.7 Å². The molecule has 0 atom stereocenters. The molecule has 0 aliphatic heterocycles. The van der Waals surface area contributed by atoms with Gasteiger partial charge in [-0.05, 0) is 36.3 Å². The first-order valence-corrected chi connectivity index (χ1v) is 8.11. The van der Waals surface area contributed by atoms with Gasteiger partial charge in [-0.25, -0.2) is 9.97 Å². The van der Waals surface area contributed by atoms with Crippen molar-refractivity contribution in [3.63, 3.8) is 0 Å². The van der Waals surface area contributed by atoms with Gasteiger partial charge in [0.2, 0.25) is 3.79 Å². The number of para-hydroxylation sites is 1. The van der Waals surface area contributed by atoms with Crippen molar-refractivity contribution < 1.29 is 4.74 Å². The third kappa shape index (κ3) is 3.73. The van der Waals surface area contributed by atoms with E-state index in [9.17, 15) is 0 Å². The second kappa shape index (κ2) is 6.86. The maximum atomic E-state index is 5.93. The van der Waals surface area contributed by atoms with Gasteiger partial charge >= 0.3 is 0 Å². The number of hydrogen-bond acceptors (Lipinski definition) is 3. The number of benzene rings is 2. The minimum atomic E-state index is -1.71. The number of fused-ring (bicyclic) bond motifs is 1. The fourth-order valence-electron chi connectivity index (χ4n) is 2.13. The van der Waals surface area contributed by atoms with Crippen molar-refractivity contribution in [1.82, 2.24) is 9.97 Å². The highest BCUT2D eigenvalue weighted by Gasteiger charge is 2.27. The maximum Gasteiger partial charge on any atom is 0.250 e. The largest absolute Gasteiger partial charge is 0.497 e. The molecule has 0 N–H and O–H groups in total. The van der Waals surface area contributed by atoms with E-state index >= 15 is 0 Å². The van der Waals surface area contributed by atoms with Crippen molar-refractivity contribution in [3.05, 3.63) is 65.6 Å². The van der Waals surface area contributed by atoms with Crippen molar-refractivity contribution in [3.8, 4) is 17.6 Å². The van der Waals surface area contributed by atoms with Crippen molar-refractivity contribution in [1.29, 1.82) is 0 Å². The Labute approximate surface area is 154 Å². The Kier molecular flexibility index (Phi) is 4.82. The van der Waals surface area contributed by atoms with E-state index in [1.165, 1.54) is 0 Å². The van der Waals surface area contributed by atoms with Gasteiger partial charge in [-0.15, -0.1) is 0 Å². The zero-order valence-corrected chi connectivity index (χ0v) is 14.8. The molecule has 3 rings (SSSR count). The first kappa shape index (κ1) is 16.9. The third-order valence-electron chi connectivity index (χ3n) is 3.25. The predicted molar refractivity (Wildman–Crippen MR) is 97.7 cm³/mol. The molecule has 24 heavy (non-hydrogen) atoms. The Morgan fingerprint density at radius 1 is 0.958 bits per heavy atom. The average molecular weight is 378 g/mol. The Hall–Kier alpha value is -1.99. The zero-order valence-electron chi connectivity index (χ0n) is 12.6. The third-order valence-corrected chi connectivity index (χ3v) is 3.76. The number of methoxy groups -OCH3 is 1. The molecule has 3 nitrogen and oxygen atoms in total. The highest BCUT2D eigenvalue weighted by Crippen LogP contribution is 2.36. The van der Waals surface area contributed by atoms with Crippen LogP contribution in [-0.2, 0) is 3.79 Å². The highest BCUT2D eigenvalue weighted by molar-refractivity contribution is 6.66. The van der Waals surface area contributed by atoms with Crippen LogP contribution in [0.15, 0.2) is 48.5 Å². The number of aromatic nitrogens is 2. The number of alkyl halides is 3. The molecule has 0 aliphatic carbocycles. The van der Waals surface area contributed by atoms with E-state index in [1.807, 2.05) is 48.5 Å². The Morgan fingerprint density at radius 2 is 1.75 bits per heavy atom. The molecule has 2 aromatic carbocycles. The molecular weight excluding hydrogens is 367 g/mol. The minimum Gasteiger partial charge on any atom is -0.497 e. The van der Waals surface area contributed by atoms with E-state index in [0.29, 0.717) is 11.2 Å². The van der Waals surface area contributed by atoms with E-state index in [1.54, 1.807) is 7.11 Å². The molecule has 1 aromatic heterocycles. The summed E-state index contributed by atoms with van der Waals surface area (Å²) in [7, 11) is 1.61. The monoisotopic (exact) mass is 376 g/mol. The smallest absolute Gasteiger partial charge is 0.250 e. The van der Waals surface area contributed by atoms with E-state index in [2.05, 4.69) is 21.8 Å². The van der Waals surface area contributed by atoms with Gasteiger partial charge in [0.05, 0.1) is 12.6 Å². The summed E-state index contributed by atoms with van der Waals surface area (Å²) in [6, 6.07) is 14.9. The molecule has 0 fully saturated rings. The lowest BCUT2D eigenvalue weighted by Crippen LogP contribution is -2.08. The van der Waals surface area contributed by atoms with Crippen molar-refractivity contribution in [2.75, 3.05) is 7.11 Å². The van der Waals surface area contributed by atoms with Gasteiger partial charge in [0.25, 0.3) is 0 Å². The van der Waals surface area contributed by atoms with Crippen LogP contribution in [0.1, 0.15) is 17.1 Å². The van der Waals surface area contributed by atoms with Gasteiger partial charge in [-0.1, -0.05) is 58.9 Å². The Balaban J connectivity index is 2.13. The molecule has 0 saturated carbocycles. The fraction of sp³-hybridized carbons (Fsp3) is 0.111. The summed E-state index contributed by atoms with van der Waals surface area (Å²) in [4.78, 5) is 8.61. The highest BCUT2D eigenvalue weighted by atomic mass is 35.6. The van der Waals surface area contributed by atoms with Crippen LogP contribution >= 0.6 is 34.8 Å². The summed E-state index contributed by atoms with van der Waals surface area (Å²) in [5, 5.41) is 0.797. The molecule has 0 bridgehead atoms. The standard InChI is InChI=1S/C18H11Cl3N2O/c1-24-13-6-4-5-12(11-13)9-10-16-14-7-2-3-8-15(14)22-17(23-16)18(19,20)21/h2-8,11H,1H3. The Morgan fingerprint density at radius 3 is 2.50 bits per heavy atom. The number of nitrogens with zero attached hydrogens (tertiary/aromatic N) is 2. The molecule has 0 aliphatic rings. The van der Waals surface area contributed by atoms with E-state index in [4.69, 9.17) is 39.5 Å². The van der Waals surface area contributed by atoms with Crippen LogP contribution in [0.5, 0.6) is 5.75 Å². The second-order valence-electron chi connectivity index (χ2n) is 4.89. The molecule has 6 heteroatoms. The van der Waals surface area contributed by atoms with Crippen LogP contribution in [-0.4, -0.2) is 17.1 Å². The molecule has 0 saturated heterocycles. The maximum absolute atomic E-state index is 5.93. The quantitative estimate of drug-likeness (QED) is 0.448. The van der Waals surface area contributed by atoms with Crippen molar-refractivity contribution in [2.45, 2.75) is 3.79 Å². The summed E-state index contributed by atoms with van der Waals surface area (Å²) < 4.78 is 3.48. The number of rotatable bonds is 1. The van der Waals surface area contributed by atoms with Crippen LogP contribution < -0.4 is 4.74 Å². The van der Waals surface area contributed by atoms with Gasteiger partial charge in [0, 0.05) is 10.9 Å². The van der Waals surface area contributed by atoms with Gasteiger partial charge < -0.3 is 4.74 Å². The number of hydrogen-bond donors (Lipinski definition) is 0. The zero-order chi connectivity index (χ0) is 17.2. The van der Waals surface area contributed by atoms with Crippen LogP contribution in [0.4, 0.5) is 0 Å². The number of halogens is 3. The predicted octanol–water partition coefficient (Wildman–Crippen LogP) is 4.86.